The van der Waals surface area contributed by atoms with E-state index in [2.05, 4.69) is 28.2 Å². The summed E-state index contributed by atoms with van der Waals surface area (Å²) in [6.07, 6.45) is 3.82. The van der Waals surface area contributed by atoms with Crippen LogP contribution >= 0.6 is 0 Å². The largest absolute Gasteiger partial charge is 0.478 e. The molecule has 2 aromatic heterocycles. The molecule has 3 heterocycles. The van der Waals surface area contributed by atoms with Gasteiger partial charge in [0.2, 0.25) is 0 Å². The van der Waals surface area contributed by atoms with E-state index in [-0.39, 0.29) is 0 Å². The highest BCUT2D eigenvalue weighted by atomic mass is 16.4. The van der Waals surface area contributed by atoms with Crippen LogP contribution in [0.4, 0.5) is 0 Å². The van der Waals surface area contributed by atoms with E-state index in [1.807, 2.05) is 60.3 Å². The molecule has 0 saturated heterocycles. The molecule has 0 unspecified atom stereocenters. The first-order chi connectivity index (χ1) is 15.1. The highest BCUT2D eigenvalue weighted by Gasteiger charge is 2.28. The quantitative estimate of drug-likeness (QED) is 0.545. The summed E-state index contributed by atoms with van der Waals surface area (Å²) in [5, 5.41) is 15.1. The van der Waals surface area contributed by atoms with Crippen molar-refractivity contribution in [1.82, 2.24) is 19.7 Å². The molecule has 2 aromatic carbocycles. The topological polar surface area (TPSA) is 71.2 Å². The summed E-state index contributed by atoms with van der Waals surface area (Å²) in [4.78, 5) is 19.5. The van der Waals surface area contributed by atoms with E-state index in [1.54, 1.807) is 6.20 Å². The second-order valence-electron chi connectivity index (χ2n) is 7.82. The molecule has 0 aliphatic carbocycles. The highest BCUT2D eigenvalue weighted by molar-refractivity contribution is 6.05. The smallest absolute Gasteiger partial charge is 0.336 e. The van der Waals surface area contributed by atoms with Gasteiger partial charge in [-0.25, -0.2) is 9.78 Å². The predicted octanol–water partition coefficient (Wildman–Crippen LogP) is 4.22. The molecule has 0 spiro atoms. The molecule has 0 amide bonds. The number of fused-ring (bicyclic) bond motifs is 2. The molecule has 0 saturated carbocycles. The summed E-state index contributed by atoms with van der Waals surface area (Å²) in [7, 11) is 1.90. The summed E-state index contributed by atoms with van der Waals surface area (Å²) in [5.41, 5.74) is 5.71. The monoisotopic (exact) mass is 410 g/mol. The van der Waals surface area contributed by atoms with Gasteiger partial charge in [0.15, 0.2) is 0 Å². The van der Waals surface area contributed by atoms with E-state index in [0.29, 0.717) is 29.6 Å². The average Bonchev–Trinajstić information content (AvgIpc) is 3.17. The third kappa shape index (κ3) is 3.62. The molecule has 1 N–H and O–H groups in total. The minimum atomic E-state index is -0.920. The number of nitrogens with zero attached hydrogens (tertiary/aromatic N) is 4. The van der Waals surface area contributed by atoms with E-state index in [1.165, 1.54) is 5.56 Å². The van der Waals surface area contributed by atoms with Crippen molar-refractivity contribution in [3.8, 4) is 0 Å². The summed E-state index contributed by atoms with van der Waals surface area (Å²) < 4.78 is 1.81. The molecule has 0 fully saturated rings. The van der Waals surface area contributed by atoms with Gasteiger partial charge in [-0.1, -0.05) is 48.5 Å². The maximum absolute atomic E-state index is 12.3. The Morgan fingerprint density at radius 1 is 1.06 bits per heavy atom. The minimum Gasteiger partial charge on any atom is -0.478 e. The van der Waals surface area contributed by atoms with E-state index in [9.17, 15) is 9.90 Å². The van der Waals surface area contributed by atoms with Crippen molar-refractivity contribution in [2.24, 2.45) is 7.05 Å². The lowest BCUT2D eigenvalue weighted by molar-refractivity contribution is 0.0696. The van der Waals surface area contributed by atoms with Gasteiger partial charge >= 0.3 is 5.97 Å². The average molecular weight is 410 g/mol. The molecule has 1 aliphatic heterocycles. The molecule has 0 bridgehead atoms. The maximum atomic E-state index is 12.3. The first kappa shape index (κ1) is 19.2. The van der Waals surface area contributed by atoms with Crippen molar-refractivity contribution in [3.05, 3.63) is 94.9 Å². The lowest BCUT2D eigenvalue weighted by Gasteiger charge is -2.31. The molecule has 6 heteroatoms. The first-order valence-corrected chi connectivity index (χ1v) is 10.2. The van der Waals surface area contributed by atoms with Gasteiger partial charge in [0, 0.05) is 43.8 Å². The number of hydrogen-bond donors (Lipinski definition) is 1. The van der Waals surface area contributed by atoms with E-state index < -0.39 is 5.97 Å². The van der Waals surface area contributed by atoms with Crippen LogP contribution in [-0.4, -0.2) is 37.3 Å². The number of pyridine rings is 1. The number of hydrogen-bond acceptors (Lipinski definition) is 4. The fourth-order valence-corrected chi connectivity index (χ4v) is 4.28. The van der Waals surface area contributed by atoms with Gasteiger partial charge in [0.05, 0.1) is 22.5 Å². The predicted molar refractivity (Wildman–Crippen MR) is 120 cm³/mol. The molecule has 154 valence electrons. The molecule has 31 heavy (non-hydrogen) atoms. The minimum absolute atomic E-state index is 0.342. The van der Waals surface area contributed by atoms with E-state index >= 15 is 0 Å². The zero-order valence-electron chi connectivity index (χ0n) is 17.2. The highest BCUT2D eigenvalue weighted by Crippen LogP contribution is 2.34. The number of rotatable bonds is 4. The molecule has 0 radical (unpaired) electrons. The Hall–Kier alpha value is -3.77. The molecule has 6 nitrogen and oxygen atoms in total. The van der Waals surface area contributed by atoms with Crippen molar-refractivity contribution in [1.29, 1.82) is 0 Å². The zero-order chi connectivity index (χ0) is 21.4. The lowest BCUT2D eigenvalue weighted by Crippen LogP contribution is -2.31. The van der Waals surface area contributed by atoms with Gasteiger partial charge in [0.25, 0.3) is 0 Å². The SMILES string of the molecule is Cn1nccc1/C=C1\CN(Cc2ccccc2)Cc2c1nc1ccccc1c2C(=O)O. The van der Waals surface area contributed by atoms with E-state index in [0.717, 1.165) is 29.1 Å². The maximum Gasteiger partial charge on any atom is 0.336 e. The number of aromatic nitrogens is 3. The second kappa shape index (κ2) is 7.81. The Morgan fingerprint density at radius 2 is 1.84 bits per heavy atom. The molecule has 4 aromatic rings. The van der Waals surface area contributed by atoms with Gasteiger partial charge in [-0.05, 0) is 29.3 Å². The second-order valence-corrected chi connectivity index (χ2v) is 7.82. The molecular formula is C25H22N4O2. The Labute approximate surface area is 180 Å². The number of aromatic carboxylic acids is 1. The summed E-state index contributed by atoms with van der Waals surface area (Å²) in [6, 6.07) is 19.7. The Bertz CT molecular complexity index is 1310. The first-order valence-electron chi connectivity index (χ1n) is 10.2. The lowest BCUT2D eigenvalue weighted by atomic mass is 9.92. The fraction of sp³-hybridized carbons (Fsp3) is 0.160. The molecular weight excluding hydrogens is 388 g/mol. The summed E-state index contributed by atoms with van der Waals surface area (Å²) in [6.45, 7) is 1.94. The third-order valence-corrected chi connectivity index (χ3v) is 5.72. The van der Waals surface area contributed by atoms with Crippen molar-refractivity contribution >= 4 is 28.5 Å². The van der Waals surface area contributed by atoms with E-state index in [4.69, 9.17) is 4.98 Å². The molecule has 1 aliphatic rings. The Morgan fingerprint density at radius 3 is 2.58 bits per heavy atom. The van der Waals surface area contributed by atoms with Crippen LogP contribution in [0.15, 0.2) is 66.9 Å². The van der Waals surface area contributed by atoms with Crippen LogP contribution in [0.25, 0.3) is 22.6 Å². The van der Waals surface area contributed by atoms with Crippen LogP contribution in [0, 0.1) is 0 Å². The van der Waals surface area contributed by atoms with Gasteiger partial charge in [-0.3, -0.25) is 9.58 Å². The fourth-order valence-electron chi connectivity index (χ4n) is 4.28. The van der Waals surface area contributed by atoms with Crippen molar-refractivity contribution in [2.75, 3.05) is 6.54 Å². The third-order valence-electron chi connectivity index (χ3n) is 5.72. The van der Waals surface area contributed by atoms with Gasteiger partial charge in [0.1, 0.15) is 0 Å². The number of aryl methyl sites for hydroxylation is 1. The van der Waals surface area contributed by atoms with Crippen LogP contribution in [0.1, 0.15) is 32.9 Å². The number of benzene rings is 2. The van der Waals surface area contributed by atoms with Gasteiger partial charge in [-0.15, -0.1) is 0 Å². The van der Waals surface area contributed by atoms with Crippen LogP contribution in [-0.2, 0) is 20.1 Å². The molecule has 5 rings (SSSR count). The van der Waals surface area contributed by atoms with Crippen LogP contribution < -0.4 is 0 Å². The standard InChI is InChI=1S/C25H22N4O2/c1-28-19(11-12-26-28)13-18-15-29(14-17-7-3-2-4-8-17)16-21-23(25(30)31)20-9-5-6-10-22(20)27-24(18)21/h2-13H,14-16H2,1H3,(H,30,31)/b18-13+. The normalized spacial score (nSPS) is 15.3. The molecule has 0 atom stereocenters. The number of carboxylic acid groups (broad SMARTS) is 1. The van der Waals surface area contributed by atoms with Crippen molar-refractivity contribution < 1.29 is 9.90 Å². The number of para-hydroxylation sites is 1. The Kier molecular flexibility index (Phi) is 4.84. The summed E-state index contributed by atoms with van der Waals surface area (Å²) >= 11 is 0. The zero-order valence-corrected chi connectivity index (χ0v) is 17.2. The Balaban J connectivity index is 1.69. The van der Waals surface area contributed by atoms with Gasteiger partial charge < -0.3 is 5.11 Å². The van der Waals surface area contributed by atoms with Crippen molar-refractivity contribution in [3.63, 3.8) is 0 Å². The van der Waals surface area contributed by atoms with Crippen molar-refractivity contribution in [2.45, 2.75) is 13.1 Å². The number of carbonyl (C=O) groups is 1. The van der Waals surface area contributed by atoms with Crippen LogP contribution in [0.5, 0.6) is 0 Å². The summed E-state index contributed by atoms with van der Waals surface area (Å²) in [5.74, 6) is -0.920. The van der Waals surface area contributed by atoms with Crippen LogP contribution in [0.2, 0.25) is 0 Å². The van der Waals surface area contributed by atoms with Crippen LogP contribution in [0.3, 0.4) is 0 Å². The van der Waals surface area contributed by atoms with Gasteiger partial charge in [-0.2, -0.15) is 5.10 Å². The number of carboxylic acids is 1.